The molecule has 0 spiro atoms. The number of rotatable bonds is 39. The van der Waals surface area contributed by atoms with Crippen LogP contribution >= 0.6 is 7.82 Å². The van der Waals surface area contributed by atoms with Gasteiger partial charge in [0.2, 0.25) is 0 Å². The van der Waals surface area contributed by atoms with Crippen molar-refractivity contribution in [1.82, 2.24) is 0 Å². The summed E-state index contributed by atoms with van der Waals surface area (Å²) in [7, 11) is 1.14. The molecule has 0 saturated heterocycles. The Balaban J connectivity index is 4.44. The fourth-order valence-electron chi connectivity index (χ4n) is 5.73. The van der Waals surface area contributed by atoms with E-state index in [-0.39, 0.29) is 26.1 Å². The highest BCUT2D eigenvalue weighted by Crippen LogP contribution is 2.38. The number of ether oxygens (including phenoxy) is 2. The van der Waals surface area contributed by atoms with Gasteiger partial charge in [-0.25, -0.2) is 0 Å². The quantitative estimate of drug-likeness (QED) is 0.0199. The number of unbranched alkanes of at least 4 members (excludes halogenated alkanes) is 19. The average molecular weight is 784 g/mol. The largest absolute Gasteiger partial charge is 0.756 e. The summed E-state index contributed by atoms with van der Waals surface area (Å²) in [5.74, 6) is -0.893. The molecule has 9 nitrogen and oxygen atoms in total. The van der Waals surface area contributed by atoms with E-state index in [2.05, 4.69) is 50.3 Å². The molecule has 0 aromatic carbocycles. The monoisotopic (exact) mass is 784 g/mol. The number of phosphoric acid groups is 1. The minimum atomic E-state index is -4.63. The average Bonchev–Trinajstić information content (AvgIpc) is 3.12. The highest BCUT2D eigenvalue weighted by atomic mass is 31.2. The van der Waals surface area contributed by atoms with Crippen LogP contribution in [0.5, 0.6) is 0 Å². The van der Waals surface area contributed by atoms with Gasteiger partial charge in [0, 0.05) is 12.8 Å². The second-order valence-corrected chi connectivity index (χ2v) is 17.1. The topological polar surface area (TPSA) is 111 Å². The van der Waals surface area contributed by atoms with Gasteiger partial charge in [0.05, 0.1) is 27.7 Å². The number of carbonyl (C=O) groups excluding carboxylic acids is 2. The number of phosphoric ester groups is 1. The number of allylic oxidation sites excluding steroid dienone is 6. The summed E-state index contributed by atoms with van der Waals surface area (Å²) < 4.78 is 33.8. The molecule has 0 aliphatic rings. The molecule has 2 atom stereocenters. The molecule has 0 heterocycles. The van der Waals surface area contributed by atoms with Gasteiger partial charge in [-0.1, -0.05) is 159 Å². The summed E-state index contributed by atoms with van der Waals surface area (Å²) in [4.78, 5) is 37.4. The lowest BCUT2D eigenvalue weighted by Gasteiger charge is -2.28. The first-order valence-corrected chi connectivity index (χ1v) is 23.2. The van der Waals surface area contributed by atoms with Crippen molar-refractivity contribution >= 4 is 19.8 Å². The second-order valence-electron chi connectivity index (χ2n) is 15.7. The summed E-state index contributed by atoms with van der Waals surface area (Å²) >= 11 is 0. The predicted octanol–water partition coefficient (Wildman–Crippen LogP) is 11.5. The van der Waals surface area contributed by atoms with Crippen LogP contribution in [0, 0.1) is 0 Å². The van der Waals surface area contributed by atoms with Gasteiger partial charge in [0.1, 0.15) is 19.8 Å². The summed E-state index contributed by atoms with van der Waals surface area (Å²) in [5, 5.41) is 0. The molecule has 316 valence electrons. The molecule has 0 N–H and O–H groups in total. The van der Waals surface area contributed by atoms with E-state index in [1.54, 1.807) is 0 Å². The van der Waals surface area contributed by atoms with E-state index in [0.717, 1.165) is 44.9 Å². The minimum Gasteiger partial charge on any atom is -0.756 e. The van der Waals surface area contributed by atoms with Crippen LogP contribution in [0.2, 0.25) is 0 Å². The fraction of sp³-hybridized carbons (Fsp3) is 0.818. The minimum absolute atomic E-state index is 0.0375. The Kier molecular flexibility index (Phi) is 35.6. The van der Waals surface area contributed by atoms with Crippen molar-refractivity contribution in [3.63, 3.8) is 0 Å². The van der Waals surface area contributed by atoms with Crippen molar-refractivity contribution in [3.8, 4) is 0 Å². The lowest BCUT2D eigenvalue weighted by molar-refractivity contribution is -0.870. The van der Waals surface area contributed by atoms with Gasteiger partial charge in [-0.05, 0) is 44.9 Å². The van der Waals surface area contributed by atoms with Gasteiger partial charge in [-0.2, -0.15) is 0 Å². The first kappa shape index (κ1) is 52.2. The molecule has 0 amide bonds. The van der Waals surface area contributed by atoms with Gasteiger partial charge >= 0.3 is 11.9 Å². The molecule has 0 fully saturated rings. The summed E-state index contributed by atoms with van der Waals surface area (Å²) in [6.45, 7) is 4.16. The Hall–Kier alpha value is -1.77. The molecule has 0 saturated carbocycles. The van der Waals surface area contributed by atoms with Crippen molar-refractivity contribution in [2.45, 2.75) is 187 Å². The van der Waals surface area contributed by atoms with Crippen LogP contribution in [0.1, 0.15) is 181 Å². The first-order valence-electron chi connectivity index (χ1n) is 21.7. The molecular formula is C44H82NO8P. The fourth-order valence-corrected chi connectivity index (χ4v) is 6.46. The third-order valence-corrected chi connectivity index (χ3v) is 10.1. The van der Waals surface area contributed by atoms with Crippen molar-refractivity contribution < 1.29 is 42.1 Å². The molecular weight excluding hydrogens is 701 g/mol. The van der Waals surface area contributed by atoms with Crippen LogP contribution in [0.4, 0.5) is 0 Å². The van der Waals surface area contributed by atoms with Crippen LogP contribution in [0.15, 0.2) is 36.5 Å². The Morgan fingerprint density at radius 2 is 1.02 bits per heavy atom. The zero-order valence-corrected chi connectivity index (χ0v) is 36.3. The zero-order valence-electron chi connectivity index (χ0n) is 35.4. The molecule has 1 unspecified atom stereocenters. The standard InChI is InChI=1S/C44H82NO8P/c1-6-8-10-12-14-16-18-20-21-22-23-25-26-28-30-32-34-36-43(46)50-40-42(41-52-54(48,49)51-39-38-45(3,4)5)53-44(47)37-35-33-31-29-27-24-19-17-15-13-11-9-7-2/h20-21,23,25,28,30,42H,6-19,22,24,26-27,29,31-41H2,1-5H3/b21-20+,25-23+,30-28+/t42-/m1/s1. The molecule has 0 bridgehead atoms. The van der Waals surface area contributed by atoms with E-state index in [9.17, 15) is 19.0 Å². The number of likely N-dealkylation sites (N-methyl/N-ethyl adjacent to an activating group) is 1. The molecule has 0 radical (unpaired) electrons. The van der Waals surface area contributed by atoms with E-state index in [0.29, 0.717) is 23.9 Å². The first-order chi connectivity index (χ1) is 26.0. The molecule has 54 heavy (non-hydrogen) atoms. The Bertz CT molecular complexity index is 1020. The third-order valence-electron chi connectivity index (χ3n) is 9.16. The van der Waals surface area contributed by atoms with Gasteiger partial charge in [-0.3, -0.25) is 14.2 Å². The Morgan fingerprint density at radius 3 is 1.54 bits per heavy atom. The SMILES string of the molecule is CCCCCCCC/C=C/C/C=C/C/C=C/CCCC(=O)OC[C@H](COP(=O)([O-])OCC[N+](C)(C)C)OC(=O)CCCCCCCCCCCCCCC. The third kappa shape index (κ3) is 39.9. The molecule has 0 rings (SSSR count). The van der Waals surface area contributed by atoms with Crippen molar-refractivity contribution in [3.05, 3.63) is 36.5 Å². The van der Waals surface area contributed by atoms with Crippen molar-refractivity contribution in [1.29, 1.82) is 0 Å². The van der Waals surface area contributed by atoms with E-state index in [4.69, 9.17) is 18.5 Å². The number of hydrogen-bond donors (Lipinski definition) is 0. The Morgan fingerprint density at radius 1 is 0.574 bits per heavy atom. The summed E-state index contributed by atoms with van der Waals surface area (Å²) in [5.41, 5.74) is 0. The molecule has 10 heteroatoms. The number of nitrogens with zero attached hydrogens (tertiary/aromatic N) is 1. The van der Waals surface area contributed by atoms with Gasteiger partial charge in [0.25, 0.3) is 7.82 Å². The number of quaternary nitrogens is 1. The maximum atomic E-state index is 12.6. The van der Waals surface area contributed by atoms with Crippen LogP contribution in [0.3, 0.4) is 0 Å². The lowest BCUT2D eigenvalue weighted by Crippen LogP contribution is -2.37. The number of esters is 2. The Labute approximate surface area is 331 Å². The highest BCUT2D eigenvalue weighted by molar-refractivity contribution is 7.45. The van der Waals surface area contributed by atoms with E-state index in [1.807, 2.05) is 21.1 Å². The van der Waals surface area contributed by atoms with Gasteiger partial charge in [-0.15, -0.1) is 0 Å². The molecule has 0 aliphatic heterocycles. The predicted molar refractivity (Wildman–Crippen MR) is 222 cm³/mol. The van der Waals surface area contributed by atoms with Gasteiger partial charge in [0.15, 0.2) is 6.10 Å². The highest BCUT2D eigenvalue weighted by Gasteiger charge is 2.21. The van der Waals surface area contributed by atoms with Crippen LogP contribution < -0.4 is 4.89 Å². The molecule has 0 aliphatic carbocycles. The normalized spacial score (nSPS) is 14.0. The van der Waals surface area contributed by atoms with E-state index in [1.165, 1.54) is 96.3 Å². The smallest absolute Gasteiger partial charge is 0.306 e. The van der Waals surface area contributed by atoms with Crippen LogP contribution in [-0.4, -0.2) is 70.0 Å². The number of hydrogen-bond acceptors (Lipinski definition) is 8. The maximum Gasteiger partial charge on any atom is 0.306 e. The van der Waals surface area contributed by atoms with Crippen LogP contribution in [0.25, 0.3) is 0 Å². The van der Waals surface area contributed by atoms with E-state index >= 15 is 0 Å². The summed E-state index contributed by atoms with van der Waals surface area (Å²) in [6, 6.07) is 0. The van der Waals surface area contributed by atoms with Gasteiger partial charge < -0.3 is 27.9 Å². The lowest BCUT2D eigenvalue weighted by atomic mass is 10.0. The van der Waals surface area contributed by atoms with E-state index < -0.39 is 32.5 Å². The summed E-state index contributed by atoms with van der Waals surface area (Å²) in [6.07, 6.45) is 40.3. The van der Waals surface area contributed by atoms with Crippen molar-refractivity contribution in [2.75, 3.05) is 47.5 Å². The zero-order chi connectivity index (χ0) is 40.0. The second kappa shape index (κ2) is 36.8. The number of carbonyl (C=O) groups is 2. The maximum absolute atomic E-state index is 12.6. The van der Waals surface area contributed by atoms with Crippen molar-refractivity contribution in [2.24, 2.45) is 0 Å². The molecule has 0 aromatic rings. The molecule has 0 aromatic heterocycles. The van der Waals surface area contributed by atoms with Crippen LogP contribution in [-0.2, 0) is 32.7 Å².